The topological polar surface area (TPSA) is 12.0 Å². The number of benzene rings is 1. The van der Waals surface area contributed by atoms with Crippen LogP contribution in [0.25, 0.3) is 0 Å². The fraction of sp³-hybridized carbons (Fsp3) is 0.538. The maximum atomic E-state index is 3.59. The Morgan fingerprint density at radius 1 is 1.27 bits per heavy atom. The van der Waals surface area contributed by atoms with Gasteiger partial charge in [-0.1, -0.05) is 31.5 Å². The molecule has 1 nitrogen and oxygen atoms in total. The second-order valence-electron chi connectivity index (χ2n) is 4.06. The Labute approximate surface area is 96.7 Å². The molecule has 2 unspecified atom stereocenters. The summed E-state index contributed by atoms with van der Waals surface area (Å²) in [5.74, 6) is 0. The largest absolute Gasteiger partial charge is 0.313 e. The van der Waals surface area contributed by atoms with Crippen molar-refractivity contribution in [1.29, 1.82) is 0 Å². The van der Waals surface area contributed by atoms with E-state index in [9.17, 15) is 0 Å². The van der Waals surface area contributed by atoms with E-state index in [1.54, 1.807) is 0 Å². The summed E-state index contributed by atoms with van der Waals surface area (Å²) in [6.45, 7) is 3.29. The normalized spacial score (nSPS) is 25.7. The third kappa shape index (κ3) is 2.99. The molecule has 0 heterocycles. The maximum Gasteiger partial charge on any atom is 0.0248 e. The van der Waals surface area contributed by atoms with Gasteiger partial charge in [-0.3, -0.25) is 0 Å². The van der Waals surface area contributed by atoms with E-state index in [1.807, 2.05) is 11.8 Å². The summed E-state index contributed by atoms with van der Waals surface area (Å²) >= 11 is 2.04. The lowest BCUT2D eigenvalue weighted by Gasteiger charge is -2.19. The third-order valence-electron chi connectivity index (χ3n) is 2.95. The van der Waals surface area contributed by atoms with E-state index >= 15 is 0 Å². The average Bonchev–Trinajstić information content (AvgIpc) is 2.68. The number of hydrogen-bond acceptors (Lipinski definition) is 2. The molecule has 1 fully saturated rings. The molecule has 0 radical (unpaired) electrons. The minimum Gasteiger partial charge on any atom is -0.313 e. The van der Waals surface area contributed by atoms with Gasteiger partial charge in [0.2, 0.25) is 0 Å². The first-order valence-corrected chi connectivity index (χ1v) is 6.73. The van der Waals surface area contributed by atoms with Gasteiger partial charge in [0, 0.05) is 16.2 Å². The summed E-state index contributed by atoms with van der Waals surface area (Å²) in [4.78, 5) is 1.41. The molecular weight excluding hydrogens is 202 g/mol. The Bertz CT molecular complexity index is 286. The highest BCUT2D eigenvalue weighted by Gasteiger charge is 2.26. The van der Waals surface area contributed by atoms with Crippen LogP contribution in [0.15, 0.2) is 35.2 Å². The molecule has 0 spiro atoms. The van der Waals surface area contributed by atoms with E-state index in [0.717, 1.165) is 17.8 Å². The Kier molecular flexibility index (Phi) is 4.09. The standard InChI is InChI=1S/C13H19NS/c1-2-14-12-9-6-10-13(12)15-11-7-4-3-5-8-11/h3-5,7-8,12-14H,2,6,9-10H2,1H3. The zero-order valence-electron chi connectivity index (χ0n) is 9.28. The molecule has 2 rings (SSSR count). The van der Waals surface area contributed by atoms with Crippen LogP contribution >= 0.6 is 11.8 Å². The van der Waals surface area contributed by atoms with Gasteiger partial charge in [0.1, 0.15) is 0 Å². The summed E-state index contributed by atoms with van der Waals surface area (Å²) < 4.78 is 0. The molecule has 1 aliphatic rings. The first-order valence-electron chi connectivity index (χ1n) is 5.85. The molecule has 1 aliphatic carbocycles. The van der Waals surface area contributed by atoms with Crippen molar-refractivity contribution >= 4 is 11.8 Å². The number of thioether (sulfide) groups is 1. The first kappa shape index (κ1) is 11.0. The summed E-state index contributed by atoms with van der Waals surface area (Å²) in [5, 5.41) is 4.36. The summed E-state index contributed by atoms with van der Waals surface area (Å²) in [5.41, 5.74) is 0. The molecule has 15 heavy (non-hydrogen) atoms. The van der Waals surface area contributed by atoms with Gasteiger partial charge in [0.25, 0.3) is 0 Å². The second-order valence-corrected chi connectivity index (χ2v) is 5.38. The lowest BCUT2D eigenvalue weighted by atomic mass is 10.2. The van der Waals surface area contributed by atoms with Crippen LogP contribution in [-0.4, -0.2) is 17.8 Å². The maximum absolute atomic E-state index is 3.59. The van der Waals surface area contributed by atoms with E-state index in [2.05, 4.69) is 42.6 Å². The molecule has 0 bridgehead atoms. The predicted molar refractivity (Wildman–Crippen MR) is 67.4 cm³/mol. The van der Waals surface area contributed by atoms with Crippen molar-refractivity contribution < 1.29 is 0 Å². The lowest BCUT2D eigenvalue weighted by molar-refractivity contribution is 0.551. The fourth-order valence-corrected chi connectivity index (χ4v) is 3.58. The molecule has 1 aromatic rings. The molecule has 0 aliphatic heterocycles. The van der Waals surface area contributed by atoms with Crippen molar-refractivity contribution in [3.8, 4) is 0 Å². The molecule has 2 atom stereocenters. The van der Waals surface area contributed by atoms with Gasteiger partial charge < -0.3 is 5.32 Å². The molecule has 1 saturated carbocycles. The van der Waals surface area contributed by atoms with E-state index in [-0.39, 0.29) is 0 Å². The van der Waals surface area contributed by atoms with Crippen LogP contribution in [0.2, 0.25) is 0 Å². The van der Waals surface area contributed by atoms with Crippen molar-refractivity contribution in [3.63, 3.8) is 0 Å². The number of hydrogen-bond donors (Lipinski definition) is 1. The van der Waals surface area contributed by atoms with Crippen LogP contribution in [0.3, 0.4) is 0 Å². The number of nitrogens with one attached hydrogen (secondary N) is 1. The van der Waals surface area contributed by atoms with Gasteiger partial charge >= 0.3 is 0 Å². The van der Waals surface area contributed by atoms with Gasteiger partial charge in [-0.15, -0.1) is 11.8 Å². The van der Waals surface area contributed by atoms with Gasteiger partial charge in [-0.2, -0.15) is 0 Å². The molecule has 0 aromatic heterocycles. The quantitative estimate of drug-likeness (QED) is 0.837. The average molecular weight is 221 g/mol. The Morgan fingerprint density at radius 3 is 2.80 bits per heavy atom. The molecule has 2 heteroatoms. The van der Waals surface area contributed by atoms with Crippen LogP contribution in [0.5, 0.6) is 0 Å². The van der Waals surface area contributed by atoms with E-state index in [1.165, 1.54) is 24.2 Å². The summed E-state index contributed by atoms with van der Waals surface area (Å²) in [7, 11) is 0. The monoisotopic (exact) mass is 221 g/mol. The molecule has 1 N–H and O–H groups in total. The smallest absolute Gasteiger partial charge is 0.0248 e. The molecule has 82 valence electrons. The molecular formula is C13H19NS. The van der Waals surface area contributed by atoms with Crippen molar-refractivity contribution in [2.24, 2.45) is 0 Å². The first-order chi connectivity index (χ1) is 7.40. The minimum atomic E-state index is 0.722. The zero-order chi connectivity index (χ0) is 10.5. The lowest BCUT2D eigenvalue weighted by Crippen LogP contribution is -2.33. The highest BCUT2D eigenvalue weighted by molar-refractivity contribution is 8.00. The third-order valence-corrected chi connectivity index (χ3v) is 4.36. The van der Waals surface area contributed by atoms with Gasteiger partial charge in [0.15, 0.2) is 0 Å². The zero-order valence-corrected chi connectivity index (χ0v) is 10.1. The molecule has 1 aromatic carbocycles. The van der Waals surface area contributed by atoms with E-state index in [4.69, 9.17) is 0 Å². The number of rotatable bonds is 4. The fourth-order valence-electron chi connectivity index (χ4n) is 2.24. The van der Waals surface area contributed by atoms with Gasteiger partial charge in [-0.25, -0.2) is 0 Å². The highest BCUT2D eigenvalue weighted by Crippen LogP contribution is 2.34. The molecule has 0 amide bonds. The van der Waals surface area contributed by atoms with Crippen molar-refractivity contribution in [2.75, 3.05) is 6.54 Å². The van der Waals surface area contributed by atoms with Crippen molar-refractivity contribution in [3.05, 3.63) is 30.3 Å². The minimum absolute atomic E-state index is 0.722. The van der Waals surface area contributed by atoms with Crippen LogP contribution in [0.1, 0.15) is 26.2 Å². The van der Waals surface area contributed by atoms with Gasteiger partial charge in [-0.05, 0) is 31.5 Å². The van der Waals surface area contributed by atoms with Crippen LogP contribution in [0.4, 0.5) is 0 Å². The summed E-state index contributed by atoms with van der Waals surface area (Å²) in [6, 6.07) is 11.5. The predicted octanol–water partition coefficient (Wildman–Crippen LogP) is 3.31. The Morgan fingerprint density at radius 2 is 2.07 bits per heavy atom. The van der Waals surface area contributed by atoms with Crippen LogP contribution in [0, 0.1) is 0 Å². The Hall–Kier alpha value is -0.470. The van der Waals surface area contributed by atoms with E-state index in [0.29, 0.717) is 0 Å². The summed E-state index contributed by atoms with van der Waals surface area (Å²) in [6.07, 6.45) is 4.08. The van der Waals surface area contributed by atoms with Gasteiger partial charge in [0.05, 0.1) is 0 Å². The van der Waals surface area contributed by atoms with Crippen LogP contribution in [-0.2, 0) is 0 Å². The molecule has 0 saturated heterocycles. The van der Waals surface area contributed by atoms with E-state index < -0.39 is 0 Å². The van der Waals surface area contributed by atoms with Crippen LogP contribution < -0.4 is 5.32 Å². The van der Waals surface area contributed by atoms with Crippen molar-refractivity contribution in [2.45, 2.75) is 42.4 Å². The second kappa shape index (κ2) is 5.57. The Balaban J connectivity index is 1.93. The van der Waals surface area contributed by atoms with Crippen molar-refractivity contribution in [1.82, 2.24) is 5.32 Å². The highest BCUT2D eigenvalue weighted by atomic mass is 32.2. The SMILES string of the molecule is CCNC1CCCC1Sc1ccccc1.